The zero-order valence-electron chi connectivity index (χ0n) is 10.9. The van der Waals surface area contributed by atoms with E-state index in [0.29, 0.717) is 12.1 Å². The third kappa shape index (κ3) is 7.42. The molecule has 20 heavy (non-hydrogen) atoms. The summed E-state index contributed by atoms with van der Waals surface area (Å²) in [5.41, 5.74) is 0.694. The number of ether oxygens (including phenoxy) is 1. The van der Waals surface area contributed by atoms with Crippen LogP contribution in [0.3, 0.4) is 0 Å². The van der Waals surface area contributed by atoms with Crippen molar-refractivity contribution in [2.24, 2.45) is 0 Å². The highest BCUT2D eigenvalue weighted by Crippen LogP contribution is 2.24. The molecule has 1 aromatic rings. The van der Waals surface area contributed by atoms with Crippen LogP contribution in [0.4, 0.5) is 8.78 Å². The minimum Gasteiger partial charge on any atom is -0.434 e. The lowest BCUT2D eigenvalue weighted by molar-refractivity contribution is -0.0505. The second-order valence-electron chi connectivity index (χ2n) is 4.00. The van der Waals surface area contributed by atoms with Crippen LogP contribution in [0.2, 0.25) is 0 Å². The van der Waals surface area contributed by atoms with E-state index in [0.717, 1.165) is 28.9 Å². The molecule has 2 N–H and O–H groups in total. The predicted molar refractivity (Wildman–Crippen MR) is 81.5 cm³/mol. The van der Waals surface area contributed by atoms with Crippen LogP contribution in [0.15, 0.2) is 22.7 Å². The Morgan fingerprint density at radius 2 is 2.15 bits per heavy atom. The maximum Gasteiger partial charge on any atom is 0.387 e. The number of hydrogen-bond donors (Lipinski definition) is 2. The summed E-state index contributed by atoms with van der Waals surface area (Å²) in [4.78, 5) is 0. The molecular weight excluding hydrogens is 352 g/mol. The maximum atomic E-state index is 12.3. The van der Waals surface area contributed by atoms with Gasteiger partial charge in [-0.05, 0) is 30.4 Å². The Kier molecular flexibility index (Phi) is 9.17. The van der Waals surface area contributed by atoms with Gasteiger partial charge in [-0.2, -0.15) is 20.5 Å². The number of aliphatic hydroxyl groups excluding tert-OH is 1. The van der Waals surface area contributed by atoms with E-state index in [2.05, 4.69) is 26.0 Å². The van der Waals surface area contributed by atoms with Gasteiger partial charge in [0.15, 0.2) is 0 Å². The molecule has 0 bridgehead atoms. The second kappa shape index (κ2) is 10.4. The van der Waals surface area contributed by atoms with Gasteiger partial charge < -0.3 is 15.2 Å². The smallest absolute Gasteiger partial charge is 0.387 e. The molecule has 0 heterocycles. The molecule has 0 spiro atoms. The van der Waals surface area contributed by atoms with E-state index in [1.807, 2.05) is 0 Å². The van der Waals surface area contributed by atoms with Gasteiger partial charge >= 0.3 is 6.61 Å². The highest BCUT2D eigenvalue weighted by atomic mass is 79.9. The van der Waals surface area contributed by atoms with Crippen molar-refractivity contribution in [3.63, 3.8) is 0 Å². The van der Waals surface area contributed by atoms with Gasteiger partial charge in [-0.15, -0.1) is 0 Å². The molecule has 0 aliphatic heterocycles. The first-order valence-electron chi connectivity index (χ1n) is 6.26. The Morgan fingerprint density at radius 3 is 2.85 bits per heavy atom. The number of halogens is 3. The van der Waals surface area contributed by atoms with Crippen molar-refractivity contribution < 1.29 is 18.6 Å². The SMILES string of the molecule is OCCCSCCNCc1cc(Br)ccc1OC(F)F. The predicted octanol–water partition coefficient (Wildman–Crippen LogP) is 3.26. The first-order valence-corrected chi connectivity index (χ1v) is 8.21. The van der Waals surface area contributed by atoms with Gasteiger partial charge in [0.1, 0.15) is 5.75 Å². The zero-order valence-corrected chi connectivity index (χ0v) is 13.4. The van der Waals surface area contributed by atoms with E-state index in [4.69, 9.17) is 5.11 Å². The molecule has 0 amide bonds. The van der Waals surface area contributed by atoms with E-state index < -0.39 is 6.61 Å². The molecule has 0 unspecified atom stereocenters. The van der Waals surface area contributed by atoms with Gasteiger partial charge in [0.25, 0.3) is 0 Å². The Balaban J connectivity index is 2.36. The first-order chi connectivity index (χ1) is 9.63. The lowest BCUT2D eigenvalue weighted by Gasteiger charge is -2.12. The van der Waals surface area contributed by atoms with Gasteiger partial charge in [-0.25, -0.2) is 0 Å². The van der Waals surface area contributed by atoms with E-state index >= 15 is 0 Å². The molecule has 0 aliphatic rings. The summed E-state index contributed by atoms with van der Waals surface area (Å²) in [5.74, 6) is 2.04. The van der Waals surface area contributed by atoms with Crippen LogP contribution in [0.5, 0.6) is 5.75 Å². The van der Waals surface area contributed by atoms with Crippen molar-refractivity contribution in [2.75, 3.05) is 24.7 Å². The van der Waals surface area contributed by atoms with Gasteiger partial charge in [0.2, 0.25) is 0 Å². The largest absolute Gasteiger partial charge is 0.434 e. The van der Waals surface area contributed by atoms with Crippen LogP contribution < -0.4 is 10.1 Å². The number of nitrogens with one attached hydrogen (secondary N) is 1. The molecule has 1 rings (SSSR count). The fourth-order valence-electron chi connectivity index (χ4n) is 1.53. The Labute approximate surface area is 130 Å². The molecule has 0 atom stereocenters. The molecule has 0 saturated carbocycles. The van der Waals surface area contributed by atoms with Crippen molar-refractivity contribution in [2.45, 2.75) is 19.6 Å². The Morgan fingerprint density at radius 1 is 1.35 bits per heavy atom. The second-order valence-corrected chi connectivity index (χ2v) is 6.14. The van der Waals surface area contributed by atoms with Crippen molar-refractivity contribution in [1.82, 2.24) is 5.32 Å². The Hall–Kier alpha value is -0.370. The number of alkyl halides is 2. The number of aliphatic hydroxyl groups is 1. The van der Waals surface area contributed by atoms with Gasteiger partial charge in [-0.1, -0.05) is 15.9 Å². The summed E-state index contributed by atoms with van der Waals surface area (Å²) in [5, 5.41) is 11.8. The third-order valence-corrected chi connectivity index (χ3v) is 3.99. The molecule has 0 aromatic heterocycles. The van der Waals surface area contributed by atoms with E-state index in [-0.39, 0.29) is 12.4 Å². The van der Waals surface area contributed by atoms with E-state index in [1.54, 1.807) is 23.9 Å². The molecular formula is C13H18BrF2NO2S. The summed E-state index contributed by atoms with van der Waals surface area (Å²) in [6.45, 7) is -1.35. The van der Waals surface area contributed by atoms with Crippen molar-refractivity contribution in [1.29, 1.82) is 0 Å². The van der Waals surface area contributed by atoms with Crippen LogP contribution in [0.1, 0.15) is 12.0 Å². The fraction of sp³-hybridized carbons (Fsp3) is 0.538. The van der Waals surface area contributed by atoms with Crippen LogP contribution in [-0.4, -0.2) is 36.4 Å². The summed E-state index contributed by atoms with van der Waals surface area (Å²) in [6, 6.07) is 4.97. The fourth-order valence-corrected chi connectivity index (χ4v) is 2.77. The van der Waals surface area contributed by atoms with Gasteiger partial charge in [-0.3, -0.25) is 0 Å². The molecule has 0 radical (unpaired) electrons. The molecule has 0 aliphatic carbocycles. The van der Waals surface area contributed by atoms with Crippen LogP contribution in [0, 0.1) is 0 Å². The number of rotatable bonds is 10. The average molecular weight is 370 g/mol. The molecule has 0 fully saturated rings. The summed E-state index contributed by atoms with van der Waals surface area (Å²) in [6.07, 6.45) is 0.794. The normalized spacial score (nSPS) is 11.1. The number of hydrogen-bond acceptors (Lipinski definition) is 4. The summed E-state index contributed by atoms with van der Waals surface area (Å²) >= 11 is 5.06. The van der Waals surface area contributed by atoms with Crippen LogP contribution in [-0.2, 0) is 6.54 Å². The molecule has 3 nitrogen and oxygen atoms in total. The maximum absolute atomic E-state index is 12.3. The Bertz CT molecular complexity index is 397. The third-order valence-electron chi connectivity index (χ3n) is 2.42. The van der Waals surface area contributed by atoms with Crippen LogP contribution >= 0.6 is 27.7 Å². The van der Waals surface area contributed by atoms with Gasteiger partial charge in [0.05, 0.1) is 0 Å². The van der Waals surface area contributed by atoms with Crippen molar-refractivity contribution in [3.8, 4) is 5.75 Å². The van der Waals surface area contributed by atoms with E-state index in [1.165, 1.54) is 6.07 Å². The van der Waals surface area contributed by atoms with E-state index in [9.17, 15) is 8.78 Å². The minimum absolute atomic E-state index is 0.198. The zero-order chi connectivity index (χ0) is 14.8. The standard InChI is InChI=1S/C13H18BrF2NO2S/c14-11-2-3-12(19-13(15)16)10(8-11)9-17-4-7-20-6-1-5-18/h2-3,8,13,17-18H,1,4-7,9H2. The monoisotopic (exact) mass is 369 g/mol. The number of thioether (sulfide) groups is 1. The lowest BCUT2D eigenvalue weighted by Crippen LogP contribution is -2.18. The first kappa shape index (κ1) is 17.7. The van der Waals surface area contributed by atoms with Gasteiger partial charge in [0, 0.05) is 35.5 Å². The molecule has 114 valence electrons. The summed E-state index contributed by atoms with van der Waals surface area (Å²) in [7, 11) is 0. The topological polar surface area (TPSA) is 41.5 Å². The highest BCUT2D eigenvalue weighted by Gasteiger charge is 2.09. The summed E-state index contributed by atoms with van der Waals surface area (Å²) < 4.78 is 29.9. The molecule has 1 aromatic carbocycles. The molecule has 7 heteroatoms. The molecule has 0 saturated heterocycles. The van der Waals surface area contributed by atoms with Crippen molar-refractivity contribution >= 4 is 27.7 Å². The van der Waals surface area contributed by atoms with Crippen LogP contribution in [0.25, 0.3) is 0 Å². The minimum atomic E-state index is -2.82. The quantitative estimate of drug-likeness (QED) is 0.621. The number of benzene rings is 1. The highest BCUT2D eigenvalue weighted by molar-refractivity contribution is 9.10. The van der Waals surface area contributed by atoms with Crippen molar-refractivity contribution in [3.05, 3.63) is 28.2 Å². The average Bonchev–Trinajstić information content (AvgIpc) is 2.40. The lowest BCUT2D eigenvalue weighted by atomic mass is 10.2.